The smallest absolute Gasteiger partial charge is 0.183 e. The van der Waals surface area contributed by atoms with Gasteiger partial charge in [-0.15, -0.1) is 0 Å². The lowest BCUT2D eigenvalue weighted by molar-refractivity contribution is 0.213. The Kier molecular flexibility index (Phi) is 17.1. The van der Waals surface area contributed by atoms with E-state index in [4.69, 9.17) is 4.74 Å². The van der Waals surface area contributed by atoms with E-state index in [1.165, 1.54) is 116 Å². The molecular formula is C25H49NO. The molecule has 27 heavy (non-hydrogen) atoms. The Labute approximate surface area is 171 Å². The minimum Gasteiger partial charge on any atom is -0.476 e. The van der Waals surface area contributed by atoms with Gasteiger partial charge in [-0.3, -0.25) is 4.99 Å². The van der Waals surface area contributed by atoms with Crippen LogP contribution in [0.25, 0.3) is 0 Å². The molecule has 0 N–H and O–H groups in total. The zero-order chi connectivity index (χ0) is 19.4. The van der Waals surface area contributed by atoms with Gasteiger partial charge in [0, 0.05) is 6.42 Å². The molecule has 1 aliphatic rings. The quantitative estimate of drug-likeness (QED) is 0.194. The molecule has 0 aromatic heterocycles. The molecule has 0 aromatic rings. The third kappa shape index (κ3) is 15.1. The van der Waals surface area contributed by atoms with Gasteiger partial charge in [-0.25, -0.2) is 0 Å². The second-order valence-corrected chi connectivity index (χ2v) is 8.64. The van der Waals surface area contributed by atoms with E-state index < -0.39 is 0 Å². The van der Waals surface area contributed by atoms with Crippen LogP contribution in [0, 0.1) is 0 Å². The van der Waals surface area contributed by atoms with Crippen molar-refractivity contribution in [3.05, 3.63) is 0 Å². The molecule has 1 rings (SSSR count). The van der Waals surface area contributed by atoms with Gasteiger partial charge in [0.05, 0.1) is 6.54 Å². The van der Waals surface area contributed by atoms with E-state index in [1.807, 2.05) is 0 Å². The van der Waals surface area contributed by atoms with Crippen molar-refractivity contribution in [3.63, 3.8) is 0 Å². The van der Waals surface area contributed by atoms with Gasteiger partial charge in [0.25, 0.3) is 0 Å². The minimum atomic E-state index is 0.371. The molecule has 0 amide bonds. The second kappa shape index (κ2) is 18.8. The summed E-state index contributed by atoms with van der Waals surface area (Å²) >= 11 is 0. The first-order chi connectivity index (χ1) is 13.4. The summed E-state index contributed by atoms with van der Waals surface area (Å²) in [5, 5.41) is 0. The highest BCUT2D eigenvalue weighted by atomic mass is 16.5. The van der Waals surface area contributed by atoms with Crippen LogP contribution in [0.2, 0.25) is 0 Å². The number of hydrogen-bond donors (Lipinski definition) is 0. The van der Waals surface area contributed by atoms with E-state index in [0.717, 1.165) is 25.3 Å². The van der Waals surface area contributed by atoms with Crippen LogP contribution in [0.3, 0.4) is 0 Å². The average molecular weight is 380 g/mol. The highest BCUT2D eigenvalue weighted by Crippen LogP contribution is 2.16. The van der Waals surface area contributed by atoms with E-state index >= 15 is 0 Å². The van der Waals surface area contributed by atoms with Gasteiger partial charge in [-0.1, -0.05) is 123 Å². The fourth-order valence-electron chi connectivity index (χ4n) is 4.00. The Bertz CT molecular complexity index is 339. The number of aliphatic imine (C=N–C) groups is 1. The molecule has 0 fully saturated rings. The Balaban J connectivity index is 1.68. The van der Waals surface area contributed by atoms with Crippen LogP contribution in [0.5, 0.6) is 0 Å². The fourth-order valence-corrected chi connectivity index (χ4v) is 4.00. The third-order valence-corrected chi connectivity index (χ3v) is 5.97. The molecule has 2 nitrogen and oxygen atoms in total. The first-order valence-corrected chi connectivity index (χ1v) is 12.6. The van der Waals surface area contributed by atoms with E-state index in [1.54, 1.807) is 0 Å². The van der Waals surface area contributed by atoms with Crippen molar-refractivity contribution in [1.82, 2.24) is 0 Å². The Hall–Kier alpha value is -0.530. The molecule has 0 saturated carbocycles. The van der Waals surface area contributed by atoms with Gasteiger partial charge in [0.2, 0.25) is 0 Å². The summed E-state index contributed by atoms with van der Waals surface area (Å²) in [5.74, 6) is 1.03. The monoisotopic (exact) mass is 379 g/mol. The van der Waals surface area contributed by atoms with Gasteiger partial charge in [0.15, 0.2) is 5.90 Å². The molecule has 0 saturated heterocycles. The predicted molar refractivity (Wildman–Crippen MR) is 121 cm³/mol. The number of rotatable bonds is 20. The number of nitrogens with zero attached hydrogens (tertiary/aromatic N) is 1. The fraction of sp³-hybridized carbons (Fsp3) is 0.960. The maximum absolute atomic E-state index is 5.79. The SMILES string of the molecule is CCCCCCCCCCCCCCCCCCCCC1=NCC(CC)O1. The van der Waals surface area contributed by atoms with Crippen molar-refractivity contribution in [2.45, 2.75) is 148 Å². The summed E-state index contributed by atoms with van der Waals surface area (Å²) in [6, 6.07) is 0. The summed E-state index contributed by atoms with van der Waals surface area (Å²) in [6.45, 7) is 5.37. The third-order valence-electron chi connectivity index (χ3n) is 5.97. The maximum Gasteiger partial charge on any atom is 0.183 e. The largest absolute Gasteiger partial charge is 0.476 e. The van der Waals surface area contributed by atoms with Gasteiger partial charge in [-0.05, 0) is 12.8 Å². The van der Waals surface area contributed by atoms with Crippen molar-refractivity contribution in [1.29, 1.82) is 0 Å². The Morgan fingerprint density at radius 2 is 1.04 bits per heavy atom. The zero-order valence-electron chi connectivity index (χ0n) is 18.8. The van der Waals surface area contributed by atoms with Crippen LogP contribution in [-0.2, 0) is 4.74 Å². The molecule has 0 spiro atoms. The normalized spacial score (nSPS) is 16.5. The van der Waals surface area contributed by atoms with Crippen LogP contribution in [0.4, 0.5) is 0 Å². The lowest BCUT2D eigenvalue weighted by Gasteiger charge is -2.08. The van der Waals surface area contributed by atoms with Gasteiger partial charge >= 0.3 is 0 Å². The highest BCUT2D eigenvalue weighted by molar-refractivity contribution is 5.77. The molecular weight excluding hydrogens is 330 g/mol. The van der Waals surface area contributed by atoms with Crippen LogP contribution < -0.4 is 0 Å². The van der Waals surface area contributed by atoms with E-state index in [9.17, 15) is 0 Å². The Morgan fingerprint density at radius 1 is 0.630 bits per heavy atom. The minimum absolute atomic E-state index is 0.371. The molecule has 0 bridgehead atoms. The number of hydrogen-bond acceptors (Lipinski definition) is 2. The lowest BCUT2D eigenvalue weighted by atomic mass is 10.0. The predicted octanol–water partition coefficient (Wildman–Crippen LogP) is 8.63. The molecule has 2 heteroatoms. The van der Waals surface area contributed by atoms with E-state index in [2.05, 4.69) is 18.8 Å². The Morgan fingerprint density at radius 3 is 1.41 bits per heavy atom. The van der Waals surface area contributed by atoms with Crippen LogP contribution in [0.15, 0.2) is 4.99 Å². The van der Waals surface area contributed by atoms with Gasteiger partial charge < -0.3 is 4.74 Å². The van der Waals surface area contributed by atoms with Crippen molar-refractivity contribution >= 4 is 5.90 Å². The van der Waals surface area contributed by atoms with Crippen molar-refractivity contribution in [2.24, 2.45) is 4.99 Å². The van der Waals surface area contributed by atoms with Crippen molar-refractivity contribution in [3.8, 4) is 0 Å². The topological polar surface area (TPSA) is 21.6 Å². The number of unbranched alkanes of at least 4 members (excludes halogenated alkanes) is 17. The molecule has 160 valence electrons. The molecule has 1 atom stereocenters. The first kappa shape index (κ1) is 24.5. The zero-order valence-corrected chi connectivity index (χ0v) is 18.8. The molecule has 0 radical (unpaired) electrons. The van der Waals surface area contributed by atoms with Crippen molar-refractivity contribution < 1.29 is 4.74 Å². The average Bonchev–Trinajstić information content (AvgIpc) is 3.15. The summed E-state index contributed by atoms with van der Waals surface area (Å²) in [5.41, 5.74) is 0. The van der Waals surface area contributed by atoms with E-state index in [-0.39, 0.29) is 0 Å². The van der Waals surface area contributed by atoms with Gasteiger partial charge in [-0.2, -0.15) is 0 Å². The molecule has 1 heterocycles. The van der Waals surface area contributed by atoms with Gasteiger partial charge in [0.1, 0.15) is 6.10 Å². The first-order valence-electron chi connectivity index (χ1n) is 12.6. The highest BCUT2D eigenvalue weighted by Gasteiger charge is 2.16. The summed E-state index contributed by atoms with van der Waals surface area (Å²) in [4.78, 5) is 4.50. The van der Waals surface area contributed by atoms with Crippen molar-refractivity contribution in [2.75, 3.05) is 6.54 Å². The summed E-state index contributed by atoms with van der Waals surface area (Å²) < 4.78 is 5.79. The summed E-state index contributed by atoms with van der Waals surface area (Å²) in [7, 11) is 0. The standard InChI is InChI=1S/C25H49NO/c1-3-5-6-7-8-9-10-11-12-13-14-15-16-17-18-19-20-21-22-25-26-23-24(4-2)27-25/h24H,3-23H2,1-2H3. The maximum atomic E-state index is 5.79. The molecule has 1 unspecified atom stereocenters. The molecule has 0 aromatic carbocycles. The second-order valence-electron chi connectivity index (χ2n) is 8.64. The van der Waals surface area contributed by atoms with Crippen LogP contribution in [0.1, 0.15) is 142 Å². The lowest BCUT2D eigenvalue weighted by Crippen LogP contribution is -2.11. The number of ether oxygens (including phenoxy) is 1. The van der Waals surface area contributed by atoms with E-state index in [0.29, 0.717) is 6.10 Å². The summed E-state index contributed by atoms with van der Waals surface area (Å²) in [6.07, 6.45) is 28.3. The van der Waals surface area contributed by atoms with Crippen LogP contribution >= 0.6 is 0 Å². The molecule has 1 aliphatic heterocycles. The molecule has 0 aliphatic carbocycles. The van der Waals surface area contributed by atoms with Crippen LogP contribution in [-0.4, -0.2) is 18.5 Å².